The fourth-order valence-electron chi connectivity index (χ4n) is 2.31. The lowest BCUT2D eigenvalue weighted by atomic mass is 10.2. The number of fused-ring (bicyclic) bond motifs is 1. The number of hydrogen-bond acceptors (Lipinski definition) is 5. The summed E-state index contributed by atoms with van der Waals surface area (Å²) >= 11 is 3.30. The average molecular weight is 404 g/mol. The van der Waals surface area contributed by atoms with E-state index in [0.29, 0.717) is 27.5 Å². The van der Waals surface area contributed by atoms with Crippen molar-refractivity contribution in [1.82, 2.24) is 9.66 Å². The number of nitrogens with one attached hydrogen (secondary N) is 1. The minimum Gasteiger partial charge on any atom is -0.504 e. The average Bonchev–Trinajstić information content (AvgIpc) is 2.58. The van der Waals surface area contributed by atoms with Crippen molar-refractivity contribution < 1.29 is 9.84 Å². The quantitative estimate of drug-likeness (QED) is 0.653. The summed E-state index contributed by atoms with van der Waals surface area (Å²) in [6.45, 7) is 2.18. The van der Waals surface area contributed by atoms with Crippen LogP contribution in [0, 0.1) is 0 Å². The van der Waals surface area contributed by atoms with Crippen LogP contribution in [0.4, 0.5) is 0 Å². The normalized spacial score (nSPS) is 11.3. The van der Waals surface area contributed by atoms with Gasteiger partial charge in [-0.25, -0.2) is 4.79 Å². The first kappa shape index (κ1) is 17.0. The molecule has 0 spiro atoms. The number of aromatic nitrogens is 2. The van der Waals surface area contributed by atoms with Crippen molar-refractivity contribution in [2.45, 2.75) is 6.92 Å². The zero-order valence-electron chi connectivity index (χ0n) is 13.2. The summed E-state index contributed by atoms with van der Waals surface area (Å²) in [6, 6.07) is 9.72. The van der Waals surface area contributed by atoms with Crippen LogP contribution in [-0.4, -0.2) is 27.6 Å². The second-order valence-electron chi connectivity index (χ2n) is 5.11. The van der Waals surface area contributed by atoms with Gasteiger partial charge in [0, 0.05) is 10.0 Å². The first-order valence-corrected chi connectivity index (χ1v) is 8.24. The van der Waals surface area contributed by atoms with Gasteiger partial charge in [-0.3, -0.25) is 4.79 Å². The van der Waals surface area contributed by atoms with E-state index in [1.165, 1.54) is 12.3 Å². The Morgan fingerprint density at radius 2 is 2.08 bits per heavy atom. The SMILES string of the molecule is CCOc1cc(/C=N/n2c(=O)[nH]c3ccccc3c2=O)c(Br)cc1O. The molecule has 2 aromatic carbocycles. The molecule has 3 aromatic rings. The third-order valence-corrected chi connectivity index (χ3v) is 4.16. The molecule has 7 nitrogen and oxygen atoms in total. The fraction of sp³-hybridized carbons (Fsp3) is 0.118. The minimum atomic E-state index is -0.639. The molecule has 1 aromatic heterocycles. The van der Waals surface area contributed by atoms with Gasteiger partial charge in [-0.2, -0.15) is 5.10 Å². The smallest absolute Gasteiger partial charge is 0.349 e. The molecule has 3 rings (SSSR count). The van der Waals surface area contributed by atoms with Crippen LogP contribution < -0.4 is 16.0 Å². The van der Waals surface area contributed by atoms with Gasteiger partial charge in [0.1, 0.15) is 0 Å². The number of phenols is 1. The summed E-state index contributed by atoms with van der Waals surface area (Å²) < 4.78 is 6.62. The molecule has 0 unspecified atom stereocenters. The fourth-order valence-corrected chi connectivity index (χ4v) is 2.74. The number of H-pyrrole nitrogens is 1. The predicted molar refractivity (Wildman–Crippen MR) is 98.8 cm³/mol. The second kappa shape index (κ2) is 6.94. The number of aromatic hydroxyl groups is 1. The minimum absolute atomic E-state index is 0.0217. The first-order chi connectivity index (χ1) is 12.0. The van der Waals surface area contributed by atoms with Gasteiger partial charge < -0.3 is 14.8 Å². The molecule has 25 heavy (non-hydrogen) atoms. The number of halogens is 1. The van der Waals surface area contributed by atoms with Gasteiger partial charge in [0.25, 0.3) is 5.56 Å². The van der Waals surface area contributed by atoms with Gasteiger partial charge in [0.05, 0.1) is 23.7 Å². The maximum Gasteiger partial charge on any atom is 0.349 e. The molecule has 0 fully saturated rings. The summed E-state index contributed by atoms with van der Waals surface area (Å²) in [4.78, 5) is 27.1. The first-order valence-electron chi connectivity index (χ1n) is 7.45. The zero-order chi connectivity index (χ0) is 18.0. The molecule has 0 aliphatic rings. The van der Waals surface area contributed by atoms with E-state index in [-0.39, 0.29) is 11.5 Å². The molecule has 0 saturated heterocycles. The van der Waals surface area contributed by atoms with E-state index in [1.807, 2.05) is 0 Å². The Morgan fingerprint density at radius 1 is 1.32 bits per heavy atom. The molecule has 0 saturated carbocycles. The highest BCUT2D eigenvalue weighted by atomic mass is 79.9. The zero-order valence-corrected chi connectivity index (χ0v) is 14.8. The molecule has 0 aliphatic heterocycles. The van der Waals surface area contributed by atoms with Crippen molar-refractivity contribution in [3.8, 4) is 11.5 Å². The van der Waals surface area contributed by atoms with Gasteiger partial charge in [0.2, 0.25) is 0 Å². The third-order valence-electron chi connectivity index (χ3n) is 3.47. The van der Waals surface area contributed by atoms with E-state index >= 15 is 0 Å². The summed E-state index contributed by atoms with van der Waals surface area (Å²) in [7, 11) is 0. The number of benzene rings is 2. The van der Waals surface area contributed by atoms with Gasteiger partial charge in [-0.05, 0) is 47.1 Å². The maximum absolute atomic E-state index is 12.4. The van der Waals surface area contributed by atoms with Crippen LogP contribution in [0.5, 0.6) is 11.5 Å². The summed E-state index contributed by atoms with van der Waals surface area (Å²) in [6.07, 6.45) is 1.34. The predicted octanol–water partition coefficient (Wildman–Crippen LogP) is 2.44. The van der Waals surface area contributed by atoms with E-state index < -0.39 is 11.2 Å². The number of hydrogen-bond donors (Lipinski definition) is 2. The van der Waals surface area contributed by atoms with Crippen LogP contribution >= 0.6 is 15.9 Å². The number of para-hydroxylation sites is 1. The Labute approximate surface area is 150 Å². The van der Waals surface area contributed by atoms with Crippen molar-refractivity contribution in [2.24, 2.45) is 5.10 Å². The van der Waals surface area contributed by atoms with Crippen molar-refractivity contribution in [2.75, 3.05) is 6.61 Å². The lowest BCUT2D eigenvalue weighted by Gasteiger charge is -2.08. The molecular weight excluding hydrogens is 390 g/mol. The highest BCUT2D eigenvalue weighted by Crippen LogP contribution is 2.31. The summed E-state index contributed by atoms with van der Waals surface area (Å²) in [5, 5.41) is 14.2. The van der Waals surface area contributed by atoms with Crippen LogP contribution in [-0.2, 0) is 0 Å². The summed E-state index contributed by atoms with van der Waals surface area (Å²) in [5.41, 5.74) is -0.162. The molecule has 0 atom stereocenters. The Hall–Kier alpha value is -2.87. The second-order valence-corrected chi connectivity index (χ2v) is 5.97. The monoisotopic (exact) mass is 403 g/mol. The number of aromatic amines is 1. The Balaban J connectivity index is 2.09. The molecule has 0 radical (unpaired) electrons. The number of rotatable bonds is 4. The largest absolute Gasteiger partial charge is 0.504 e. The van der Waals surface area contributed by atoms with Gasteiger partial charge in [-0.15, -0.1) is 4.68 Å². The van der Waals surface area contributed by atoms with Crippen LogP contribution in [0.1, 0.15) is 12.5 Å². The Bertz CT molecular complexity index is 1090. The van der Waals surface area contributed by atoms with Gasteiger partial charge in [0.15, 0.2) is 11.5 Å². The third kappa shape index (κ3) is 3.34. The Kier molecular flexibility index (Phi) is 4.71. The molecular formula is C17H14BrN3O4. The molecule has 2 N–H and O–H groups in total. The van der Waals surface area contributed by atoms with Gasteiger partial charge >= 0.3 is 5.69 Å². The van der Waals surface area contributed by atoms with Crippen molar-refractivity contribution in [3.05, 3.63) is 67.3 Å². The molecule has 0 bridgehead atoms. The van der Waals surface area contributed by atoms with E-state index in [0.717, 1.165) is 4.68 Å². The molecule has 0 amide bonds. The lowest BCUT2D eigenvalue weighted by molar-refractivity contribution is 0.318. The Morgan fingerprint density at radius 3 is 2.84 bits per heavy atom. The van der Waals surface area contributed by atoms with Crippen molar-refractivity contribution in [1.29, 1.82) is 0 Å². The van der Waals surface area contributed by atoms with Gasteiger partial charge in [-0.1, -0.05) is 12.1 Å². The van der Waals surface area contributed by atoms with Crippen LogP contribution in [0.3, 0.4) is 0 Å². The highest BCUT2D eigenvalue weighted by molar-refractivity contribution is 9.10. The van der Waals surface area contributed by atoms with Crippen LogP contribution in [0.25, 0.3) is 10.9 Å². The number of phenolic OH excluding ortho intramolecular Hbond substituents is 1. The standard InChI is InChI=1S/C17H14BrN3O4/c1-2-25-15-7-10(12(18)8-14(15)22)9-19-21-16(23)11-5-3-4-6-13(11)20-17(21)24/h3-9,22H,2H2,1H3,(H,20,24)/b19-9+. The van der Waals surface area contributed by atoms with Crippen molar-refractivity contribution in [3.63, 3.8) is 0 Å². The van der Waals surface area contributed by atoms with Crippen LogP contribution in [0.15, 0.2) is 55.6 Å². The topological polar surface area (TPSA) is 96.7 Å². The number of ether oxygens (including phenoxy) is 1. The lowest BCUT2D eigenvalue weighted by Crippen LogP contribution is -2.32. The van der Waals surface area contributed by atoms with E-state index in [9.17, 15) is 14.7 Å². The van der Waals surface area contributed by atoms with Crippen LogP contribution in [0.2, 0.25) is 0 Å². The highest BCUT2D eigenvalue weighted by Gasteiger charge is 2.09. The van der Waals surface area contributed by atoms with E-state index in [2.05, 4.69) is 26.0 Å². The molecule has 1 heterocycles. The van der Waals surface area contributed by atoms with E-state index in [4.69, 9.17) is 4.74 Å². The summed E-state index contributed by atoms with van der Waals surface area (Å²) in [5.74, 6) is 0.263. The molecule has 8 heteroatoms. The van der Waals surface area contributed by atoms with Crippen molar-refractivity contribution >= 4 is 33.0 Å². The van der Waals surface area contributed by atoms with E-state index in [1.54, 1.807) is 37.3 Å². The maximum atomic E-state index is 12.4. The molecule has 128 valence electrons. The number of nitrogens with zero attached hydrogens (tertiary/aromatic N) is 2. The molecule has 0 aliphatic carbocycles.